The van der Waals surface area contributed by atoms with Gasteiger partial charge in [-0.1, -0.05) is 12.5 Å². The molecular weight excluding hydrogens is 266 g/mol. The number of nitrogens with one attached hydrogen (secondary N) is 1. The second-order valence-corrected chi connectivity index (χ2v) is 6.24. The van der Waals surface area contributed by atoms with Gasteiger partial charge in [0, 0.05) is 12.1 Å². The van der Waals surface area contributed by atoms with E-state index in [4.69, 9.17) is 9.47 Å². The Morgan fingerprint density at radius 1 is 1.19 bits per heavy atom. The van der Waals surface area contributed by atoms with Crippen LogP contribution in [0.5, 0.6) is 11.5 Å². The Morgan fingerprint density at radius 2 is 2.10 bits per heavy atom. The molecule has 3 atom stereocenters. The summed E-state index contributed by atoms with van der Waals surface area (Å²) in [5.41, 5.74) is 0.947. The molecule has 0 saturated heterocycles. The van der Waals surface area contributed by atoms with Gasteiger partial charge in [-0.2, -0.15) is 0 Å². The van der Waals surface area contributed by atoms with E-state index in [1.165, 1.54) is 19.3 Å². The molecule has 0 unspecified atom stereocenters. The molecule has 0 aromatic heterocycles. The maximum Gasteiger partial charge on any atom is 0.244 e. The molecule has 1 amide bonds. The predicted octanol–water partition coefficient (Wildman–Crippen LogP) is 2.73. The van der Waals surface area contributed by atoms with Crippen LogP contribution in [0.4, 0.5) is 0 Å². The lowest BCUT2D eigenvalue weighted by Gasteiger charge is -2.22. The maximum atomic E-state index is 12.0. The van der Waals surface area contributed by atoms with Crippen molar-refractivity contribution >= 4 is 12.0 Å². The monoisotopic (exact) mass is 285 g/mol. The standard InChI is InChI=1S/C17H19NO3/c19-17(18-14-8-12-1-4-13(14)7-12)6-3-11-2-5-15-16(9-11)21-10-20-15/h2-3,5-6,9,12-14H,1,4,7-8,10H2,(H,18,19)/b6-3+/t12-,13+,14-/m0/s1. The molecule has 1 heterocycles. The van der Waals surface area contributed by atoms with Gasteiger partial charge in [-0.15, -0.1) is 0 Å². The van der Waals surface area contributed by atoms with E-state index in [1.807, 2.05) is 24.3 Å². The summed E-state index contributed by atoms with van der Waals surface area (Å²) in [6, 6.07) is 6.08. The quantitative estimate of drug-likeness (QED) is 0.869. The van der Waals surface area contributed by atoms with Gasteiger partial charge in [0.25, 0.3) is 0 Å². The molecular formula is C17H19NO3. The summed E-state index contributed by atoms with van der Waals surface area (Å²) in [6.07, 6.45) is 8.53. The van der Waals surface area contributed by atoms with Gasteiger partial charge in [0.2, 0.25) is 12.7 Å². The van der Waals surface area contributed by atoms with Crippen molar-refractivity contribution in [2.75, 3.05) is 6.79 Å². The van der Waals surface area contributed by atoms with Crippen molar-refractivity contribution in [1.82, 2.24) is 5.32 Å². The highest BCUT2D eigenvalue weighted by Crippen LogP contribution is 2.44. The summed E-state index contributed by atoms with van der Waals surface area (Å²) >= 11 is 0. The number of fused-ring (bicyclic) bond motifs is 3. The van der Waals surface area contributed by atoms with Gasteiger partial charge in [-0.3, -0.25) is 4.79 Å². The summed E-state index contributed by atoms with van der Waals surface area (Å²) in [6.45, 7) is 0.271. The number of rotatable bonds is 3. The molecule has 1 aromatic carbocycles. The second kappa shape index (κ2) is 5.10. The first-order valence-corrected chi connectivity index (χ1v) is 7.66. The fourth-order valence-corrected chi connectivity index (χ4v) is 3.84. The first-order valence-electron chi connectivity index (χ1n) is 7.66. The van der Waals surface area contributed by atoms with Crippen LogP contribution in [-0.2, 0) is 4.79 Å². The molecule has 110 valence electrons. The highest BCUT2D eigenvalue weighted by Gasteiger charge is 2.39. The molecule has 4 heteroatoms. The van der Waals surface area contributed by atoms with Gasteiger partial charge < -0.3 is 14.8 Å². The van der Waals surface area contributed by atoms with Crippen LogP contribution in [0.3, 0.4) is 0 Å². The third-order valence-corrected chi connectivity index (χ3v) is 4.89. The number of amides is 1. The van der Waals surface area contributed by atoms with Crippen LogP contribution in [0.2, 0.25) is 0 Å². The smallest absolute Gasteiger partial charge is 0.244 e. The SMILES string of the molecule is O=C(/C=C/c1ccc2c(c1)OCO2)N[C@H]1C[C@H]2CC[C@@H]1C2. The van der Waals surface area contributed by atoms with E-state index in [9.17, 15) is 4.79 Å². The van der Waals surface area contributed by atoms with Gasteiger partial charge in [0.15, 0.2) is 11.5 Å². The van der Waals surface area contributed by atoms with Crippen LogP contribution in [0, 0.1) is 11.8 Å². The molecule has 3 aliphatic rings. The Bertz CT molecular complexity index is 596. The van der Waals surface area contributed by atoms with Crippen molar-refractivity contribution in [2.24, 2.45) is 11.8 Å². The number of carbonyl (C=O) groups is 1. The summed E-state index contributed by atoms with van der Waals surface area (Å²) in [4.78, 5) is 12.0. The fourth-order valence-electron chi connectivity index (χ4n) is 3.84. The number of benzene rings is 1. The van der Waals surface area contributed by atoms with Gasteiger partial charge >= 0.3 is 0 Å². The summed E-state index contributed by atoms with van der Waals surface area (Å²) in [5, 5.41) is 3.15. The molecule has 2 fully saturated rings. The minimum Gasteiger partial charge on any atom is -0.454 e. The zero-order chi connectivity index (χ0) is 14.2. The van der Waals surface area contributed by atoms with E-state index in [1.54, 1.807) is 6.08 Å². The normalized spacial score (nSPS) is 29.2. The fraction of sp³-hybridized carbons (Fsp3) is 0.471. The molecule has 1 aliphatic heterocycles. The summed E-state index contributed by atoms with van der Waals surface area (Å²) in [5.74, 6) is 3.06. The van der Waals surface area contributed by atoms with Gasteiger partial charge in [0.05, 0.1) is 0 Å². The van der Waals surface area contributed by atoms with E-state index in [-0.39, 0.29) is 12.7 Å². The van der Waals surface area contributed by atoms with Crippen LogP contribution < -0.4 is 14.8 Å². The number of hydrogen-bond acceptors (Lipinski definition) is 3. The first-order chi connectivity index (χ1) is 10.3. The van der Waals surface area contributed by atoms with Crippen molar-refractivity contribution in [3.05, 3.63) is 29.8 Å². The molecule has 1 N–H and O–H groups in total. The van der Waals surface area contributed by atoms with E-state index < -0.39 is 0 Å². The molecule has 2 bridgehead atoms. The van der Waals surface area contributed by atoms with Crippen molar-refractivity contribution in [3.8, 4) is 11.5 Å². The van der Waals surface area contributed by atoms with Crippen LogP contribution in [-0.4, -0.2) is 18.7 Å². The third kappa shape index (κ3) is 2.50. The Labute approximate surface area is 124 Å². The van der Waals surface area contributed by atoms with Crippen molar-refractivity contribution in [2.45, 2.75) is 31.7 Å². The lowest BCUT2D eigenvalue weighted by Crippen LogP contribution is -2.37. The lowest BCUT2D eigenvalue weighted by atomic mass is 9.95. The zero-order valence-corrected chi connectivity index (χ0v) is 11.9. The van der Waals surface area contributed by atoms with E-state index >= 15 is 0 Å². The molecule has 0 radical (unpaired) electrons. The summed E-state index contributed by atoms with van der Waals surface area (Å²) in [7, 11) is 0. The average molecular weight is 285 g/mol. The van der Waals surface area contributed by atoms with Crippen molar-refractivity contribution < 1.29 is 14.3 Å². The Morgan fingerprint density at radius 3 is 2.90 bits per heavy atom. The number of carbonyl (C=O) groups excluding carboxylic acids is 1. The van der Waals surface area contributed by atoms with E-state index in [2.05, 4.69) is 5.32 Å². The Kier molecular flexibility index (Phi) is 3.09. The first kappa shape index (κ1) is 12.7. The van der Waals surface area contributed by atoms with Crippen molar-refractivity contribution in [1.29, 1.82) is 0 Å². The highest BCUT2D eigenvalue weighted by atomic mass is 16.7. The lowest BCUT2D eigenvalue weighted by molar-refractivity contribution is -0.117. The van der Waals surface area contributed by atoms with E-state index in [0.29, 0.717) is 12.0 Å². The molecule has 4 nitrogen and oxygen atoms in total. The van der Waals surface area contributed by atoms with Gasteiger partial charge in [0.1, 0.15) is 0 Å². The van der Waals surface area contributed by atoms with Crippen LogP contribution in [0.25, 0.3) is 6.08 Å². The van der Waals surface area contributed by atoms with Crippen LogP contribution in [0.15, 0.2) is 24.3 Å². The second-order valence-electron chi connectivity index (χ2n) is 6.24. The Balaban J connectivity index is 1.37. The van der Waals surface area contributed by atoms with Gasteiger partial charge in [-0.05, 0) is 54.9 Å². The third-order valence-electron chi connectivity index (χ3n) is 4.89. The predicted molar refractivity (Wildman–Crippen MR) is 79.0 cm³/mol. The summed E-state index contributed by atoms with van der Waals surface area (Å²) < 4.78 is 10.6. The van der Waals surface area contributed by atoms with E-state index in [0.717, 1.165) is 29.4 Å². The molecule has 1 aromatic rings. The average Bonchev–Trinajstić information content (AvgIpc) is 3.20. The Hall–Kier alpha value is -1.97. The van der Waals surface area contributed by atoms with Gasteiger partial charge in [-0.25, -0.2) is 0 Å². The topological polar surface area (TPSA) is 47.6 Å². The number of ether oxygens (including phenoxy) is 2. The minimum atomic E-state index is 0.00483. The number of hydrogen-bond donors (Lipinski definition) is 1. The minimum absolute atomic E-state index is 0.00483. The zero-order valence-electron chi connectivity index (χ0n) is 11.9. The van der Waals surface area contributed by atoms with Crippen LogP contribution >= 0.6 is 0 Å². The maximum absolute atomic E-state index is 12.0. The largest absolute Gasteiger partial charge is 0.454 e. The van der Waals surface area contributed by atoms with Crippen LogP contribution in [0.1, 0.15) is 31.2 Å². The molecule has 2 saturated carbocycles. The molecule has 21 heavy (non-hydrogen) atoms. The molecule has 4 rings (SSSR count). The molecule has 2 aliphatic carbocycles. The van der Waals surface area contributed by atoms with Crippen molar-refractivity contribution in [3.63, 3.8) is 0 Å². The molecule has 0 spiro atoms. The highest BCUT2D eigenvalue weighted by molar-refractivity contribution is 5.92.